The van der Waals surface area contributed by atoms with Crippen molar-refractivity contribution < 1.29 is 0 Å². The summed E-state index contributed by atoms with van der Waals surface area (Å²) in [5.74, 6) is 2.63. The van der Waals surface area contributed by atoms with E-state index in [9.17, 15) is 0 Å². The Hall–Kier alpha value is -2.69. The molecular weight excluding hydrogens is 298 g/mol. The minimum absolute atomic E-state index is 0.269. The number of nitrogens with zero attached hydrogens (tertiary/aromatic N) is 3. The van der Waals surface area contributed by atoms with Crippen LogP contribution in [-0.2, 0) is 6.42 Å². The first kappa shape index (κ1) is 14.9. The van der Waals surface area contributed by atoms with Gasteiger partial charge in [-0.15, -0.1) is 0 Å². The number of hydrogen-bond acceptors (Lipinski definition) is 3. The maximum absolute atomic E-state index is 4.71. The summed E-state index contributed by atoms with van der Waals surface area (Å²) in [6, 6.07) is 12.3. The molecule has 24 heavy (non-hydrogen) atoms. The molecule has 3 aromatic heterocycles. The van der Waals surface area contributed by atoms with Crippen LogP contribution in [0.4, 0.5) is 0 Å². The Morgan fingerprint density at radius 3 is 2.42 bits per heavy atom. The Balaban J connectivity index is 1.60. The zero-order valence-corrected chi connectivity index (χ0v) is 14.2. The van der Waals surface area contributed by atoms with Gasteiger partial charge in [-0.2, -0.15) is 0 Å². The molecule has 1 aromatic carbocycles. The highest BCUT2D eigenvalue weighted by Crippen LogP contribution is 2.22. The van der Waals surface area contributed by atoms with Gasteiger partial charge < -0.3 is 9.97 Å². The van der Waals surface area contributed by atoms with Gasteiger partial charge in [0.25, 0.3) is 0 Å². The molecular formula is C19H21N5. The number of aromatic amines is 2. The third-order valence-electron chi connectivity index (χ3n) is 4.36. The Kier molecular flexibility index (Phi) is 3.56. The first-order valence-electron chi connectivity index (χ1n) is 8.40. The zero-order chi connectivity index (χ0) is 16.7. The van der Waals surface area contributed by atoms with Gasteiger partial charge in [-0.1, -0.05) is 32.9 Å². The van der Waals surface area contributed by atoms with Crippen molar-refractivity contribution in [3.8, 4) is 0 Å². The molecule has 1 unspecified atom stereocenters. The second-order valence-corrected chi connectivity index (χ2v) is 6.69. The van der Waals surface area contributed by atoms with Crippen LogP contribution in [0.1, 0.15) is 49.9 Å². The van der Waals surface area contributed by atoms with E-state index in [1.807, 2.05) is 18.2 Å². The number of benzene rings is 1. The molecule has 4 rings (SSSR count). The quantitative estimate of drug-likeness (QED) is 0.589. The lowest BCUT2D eigenvalue weighted by atomic mass is 10.0. The number of hydrogen-bond donors (Lipinski definition) is 2. The van der Waals surface area contributed by atoms with Crippen molar-refractivity contribution in [3.05, 3.63) is 53.7 Å². The first-order valence-corrected chi connectivity index (χ1v) is 8.40. The largest absolute Gasteiger partial charge is 0.342 e. The number of H-pyrrole nitrogens is 2. The van der Waals surface area contributed by atoms with Crippen molar-refractivity contribution in [1.29, 1.82) is 0 Å². The number of nitrogens with one attached hydrogen (secondary N) is 2. The highest BCUT2D eigenvalue weighted by atomic mass is 15.0. The Morgan fingerprint density at radius 1 is 0.833 bits per heavy atom. The number of imidazole rings is 2. The molecule has 0 aliphatic rings. The third kappa shape index (κ3) is 2.66. The molecule has 0 radical (unpaired) electrons. The summed E-state index contributed by atoms with van der Waals surface area (Å²) in [5, 5.41) is 0. The van der Waals surface area contributed by atoms with Crippen molar-refractivity contribution in [2.75, 3.05) is 0 Å². The van der Waals surface area contributed by atoms with Gasteiger partial charge in [0.1, 0.15) is 11.6 Å². The Morgan fingerprint density at radius 2 is 1.62 bits per heavy atom. The van der Waals surface area contributed by atoms with E-state index in [-0.39, 0.29) is 5.92 Å². The van der Waals surface area contributed by atoms with Crippen LogP contribution in [0.15, 0.2) is 36.4 Å². The van der Waals surface area contributed by atoms with Crippen molar-refractivity contribution in [3.63, 3.8) is 0 Å². The van der Waals surface area contributed by atoms with Crippen molar-refractivity contribution in [2.45, 2.75) is 39.0 Å². The minimum atomic E-state index is 0.269. The molecule has 0 fully saturated rings. The lowest BCUT2D eigenvalue weighted by Gasteiger charge is -2.07. The molecule has 0 spiro atoms. The summed E-state index contributed by atoms with van der Waals surface area (Å²) in [7, 11) is 0. The molecule has 5 heteroatoms. The normalized spacial score (nSPS) is 13.2. The molecule has 2 N–H and O–H groups in total. The molecule has 0 aliphatic heterocycles. The fourth-order valence-electron chi connectivity index (χ4n) is 2.95. The topological polar surface area (TPSA) is 70.2 Å². The summed E-state index contributed by atoms with van der Waals surface area (Å²) in [4.78, 5) is 20.7. The summed E-state index contributed by atoms with van der Waals surface area (Å²) in [5.41, 5.74) is 4.93. The van der Waals surface area contributed by atoms with Crippen LogP contribution in [-0.4, -0.2) is 24.9 Å². The molecule has 5 nitrogen and oxygen atoms in total. The predicted octanol–water partition coefficient (Wildman–Crippen LogP) is 4.30. The van der Waals surface area contributed by atoms with Gasteiger partial charge in [-0.25, -0.2) is 15.0 Å². The number of rotatable bonds is 4. The van der Waals surface area contributed by atoms with E-state index in [1.54, 1.807) is 0 Å². The first-order chi connectivity index (χ1) is 11.6. The van der Waals surface area contributed by atoms with Crippen LogP contribution in [0.25, 0.3) is 22.2 Å². The summed E-state index contributed by atoms with van der Waals surface area (Å²) in [6.45, 7) is 6.43. The molecule has 0 bridgehead atoms. The fraction of sp³-hybridized carbons (Fsp3) is 0.316. The molecule has 0 amide bonds. The Labute approximate surface area is 140 Å². The Bertz CT molecular complexity index is 962. The van der Waals surface area contributed by atoms with E-state index < -0.39 is 0 Å². The van der Waals surface area contributed by atoms with Crippen LogP contribution >= 0.6 is 0 Å². The van der Waals surface area contributed by atoms with Gasteiger partial charge in [0.15, 0.2) is 5.65 Å². The number of fused-ring (bicyclic) bond motifs is 2. The van der Waals surface area contributed by atoms with Crippen molar-refractivity contribution >= 4 is 22.2 Å². The summed E-state index contributed by atoms with van der Waals surface area (Å²) < 4.78 is 0. The number of para-hydroxylation sites is 2. The molecule has 0 saturated carbocycles. The van der Waals surface area contributed by atoms with Gasteiger partial charge in [0.05, 0.1) is 16.6 Å². The maximum Gasteiger partial charge on any atom is 0.177 e. The fourth-order valence-corrected chi connectivity index (χ4v) is 2.95. The van der Waals surface area contributed by atoms with E-state index >= 15 is 0 Å². The molecule has 3 heterocycles. The maximum atomic E-state index is 4.71. The monoisotopic (exact) mass is 319 g/mol. The van der Waals surface area contributed by atoms with E-state index in [0.717, 1.165) is 46.0 Å². The summed E-state index contributed by atoms with van der Waals surface area (Å²) in [6.07, 6.45) is 0.833. The van der Waals surface area contributed by atoms with Gasteiger partial charge in [-0.3, -0.25) is 0 Å². The third-order valence-corrected chi connectivity index (χ3v) is 4.36. The van der Waals surface area contributed by atoms with Crippen LogP contribution in [0.2, 0.25) is 0 Å². The smallest absolute Gasteiger partial charge is 0.177 e. The second-order valence-electron chi connectivity index (χ2n) is 6.69. The van der Waals surface area contributed by atoms with Crippen LogP contribution in [0.5, 0.6) is 0 Å². The molecule has 4 aromatic rings. The molecule has 122 valence electrons. The number of aromatic nitrogens is 5. The van der Waals surface area contributed by atoms with Gasteiger partial charge in [0.2, 0.25) is 0 Å². The average molecular weight is 319 g/mol. The van der Waals surface area contributed by atoms with Crippen LogP contribution in [0.3, 0.4) is 0 Å². The zero-order valence-electron chi connectivity index (χ0n) is 14.2. The minimum Gasteiger partial charge on any atom is -0.342 e. The number of pyridine rings is 1. The SMILES string of the molecule is CC(C)c1nc2nc(CC(C)c3nc4ccccc4[nH]3)ccc2[nH]1. The standard InChI is InChI=1S/C19H21N5/c1-11(2)17-23-16-9-8-13(20-19(16)24-17)10-12(3)18-21-14-6-4-5-7-15(14)22-18/h4-9,11-12H,10H2,1-3H3,(H,21,22)(H,20,23,24). The average Bonchev–Trinajstić information content (AvgIpc) is 3.18. The van der Waals surface area contributed by atoms with E-state index in [2.05, 4.69) is 53.9 Å². The highest BCUT2D eigenvalue weighted by molar-refractivity contribution is 5.75. The van der Waals surface area contributed by atoms with Crippen molar-refractivity contribution in [1.82, 2.24) is 24.9 Å². The van der Waals surface area contributed by atoms with E-state index in [0.29, 0.717) is 5.92 Å². The second kappa shape index (κ2) is 5.74. The highest BCUT2D eigenvalue weighted by Gasteiger charge is 2.14. The van der Waals surface area contributed by atoms with Crippen LogP contribution < -0.4 is 0 Å². The van der Waals surface area contributed by atoms with Gasteiger partial charge in [-0.05, 0) is 30.7 Å². The lowest BCUT2D eigenvalue weighted by molar-refractivity contribution is 0.701. The molecule has 0 saturated heterocycles. The predicted molar refractivity (Wildman–Crippen MR) is 96.2 cm³/mol. The molecule has 1 atom stereocenters. The van der Waals surface area contributed by atoms with Crippen LogP contribution in [0, 0.1) is 0 Å². The van der Waals surface area contributed by atoms with Gasteiger partial charge >= 0.3 is 0 Å². The lowest BCUT2D eigenvalue weighted by Crippen LogP contribution is -2.02. The van der Waals surface area contributed by atoms with Crippen molar-refractivity contribution in [2.24, 2.45) is 0 Å². The summed E-state index contributed by atoms with van der Waals surface area (Å²) >= 11 is 0. The van der Waals surface area contributed by atoms with E-state index in [4.69, 9.17) is 9.97 Å². The van der Waals surface area contributed by atoms with E-state index in [1.165, 1.54) is 0 Å². The molecule has 0 aliphatic carbocycles. The van der Waals surface area contributed by atoms with Gasteiger partial charge in [0, 0.05) is 17.5 Å².